The number of ether oxygens (including phenoxy) is 1. The van der Waals surface area contributed by atoms with Gasteiger partial charge in [0.05, 0.1) is 0 Å². The summed E-state index contributed by atoms with van der Waals surface area (Å²) in [5, 5.41) is 3.17. The van der Waals surface area contributed by atoms with Crippen molar-refractivity contribution < 1.29 is 14.3 Å². The normalized spacial score (nSPS) is 34.3. The van der Waals surface area contributed by atoms with E-state index in [1.54, 1.807) is 0 Å². The smallest absolute Gasteiger partial charge is 0.348 e. The van der Waals surface area contributed by atoms with Gasteiger partial charge < -0.3 is 10.1 Å². The Morgan fingerprint density at radius 1 is 1.19 bits per heavy atom. The summed E-state index contributed by atoms with van der Waals surface area (Å²) >= 11 is 1.53. The minimum absolute atomic E-state index is 0.157. The van der Waals surface area contributed by atoms with Crippen molar-refractivity contribution in [1.82, 2.24) is 5.32 Å². The fraction of sp³-hybridized carbons (Fsp3) is 0.727. The van der Waals surface area contributed by atoms with Gasteiger partial charge in [-0.05, 0) is 99.5 Å². The van der Waals surface area contributed by atoms with Gasteiger partial charge in [0.2, 0.25) is 0 Å². The number of rotatable bonds is 5. The van der Waals surface area contributed by atoms with E-state index in [1.807, 2.05) is 6.07 Å². The molecule has 1 amide bonds. The van der Waals surface area contributed by atoms with Crippen LogP contribution in [0.15, 0.2) is 6.07 Å². The van der Waals surface area contributed by atoms with E-state index in [1.165, 1.54) is 66.7 Å². The molecule has 6 rings (SSSR count). The van der Waals surface area contributed by atoms with Gasteiger partial charge in [0.1, 0.15) is 4.88 Å². The highest BCUT2D eigenvalue weighted by Gasteiger charge is 2.53. The van der Waals surface area contributed by atoms with E-state index in [0.717, 1.165) is 30.6 Å². The fourth-order valence-electron chi connectivity index (χ4n) is 6.78. The van der Waals surface area contributed by atoms with Gasteiger partial charge in [-0.25, -0.2) is 4.79 Å². The van der Waals surface area contributed by atoms with Crippen LogP contribution in [0.4, 0.5) is 0 Å². The first-order valence-electron chi connectivity index (χ1n) is 10.6. The lowest BCUT2D eigenvalue weighted by Gasteiger charge is -2.59. The summed E-state index contributed by atoms with van der Waals surface area (Å²) in [6.07, 6.45) is 11.3. The number of aryl methyl sites for hydroxylation is 2. The van der Waals surface area contributed by atoms with Gasteiger partial charge in [0, 0.05) is 10.9 Å². The molecule has 1 unspecified atom stereocenters. The van der Waals surface area contributed by atoms with Crippen molar-refractivity contribution in [2.45, 2.75) is 70.8 Å². The Balaban J connectivity index is 1.15. The molecule has 0 aromatic carbocycles. The van der Waals surface area contributed by atoms with Crippen LogP contribution in [0.1, 0.15) is 72.0 Å². The number of hydrogen-bond acceptors (Lipinski definition) is 4. The Kier molecular flexibility index (Phi) is 4.34. The molecule has 0 aliphatic heterocycles. The van der Waals surface area contributed by atoms with E-state index >= 15 is 0 Å². The Morgan fingerprint density at radius 2 is 1.85 bits per heavy atom. The van der Waals surface area contributed by atoms with E-state index in [9.17, 15) is 9.59 Å². The van der Waals surface area contributed by atoms with Crippen LogP contribution >= 0.6 is 11.3 Å². The van der Waals surface area contributed by atoms with Gasteiger partial charge in [-0.15, -0.1) is 11.3 Å². The summed E-state index contributed by atoms with van der Waals surface area (Å²) < 4.78 is 5.31. The maximum atomic E-state index is 12.4. The molecule has 0 saturated heterocycles. The third kappa shape index (κ3) is 3.22. The first-order chi connectivity index (χ1) is 13.0. The van der Waals surface area contributed by atoms with Gasteiger partial charge in [-0.3, -0.25) is 4.79 Å². The minimum Gasteiger partial charge on any atom is -0.451 e. The van der Waals surface area contributed by atoms with Crippen LogP contribution in [0, 0.1) is 23.2 Å². The molecule has 4 nitrogen and oxygen atoms in total. The first kappa shape index (κ1) is 17.7. The number of thiophene rings is 1. The van der Waals surface area contributed by atoms with Crippen molar-refractivity contribution in [3.8, 4) is 0 Å². The third-order valence-electron chi connectivity index (χ3n) is 7.66. The van der Waals surface area contributed by atoms with E-state index in [0.29, 0.717) is 4.88 Å². The van der Waals surface area contributed by atoms with Gasteiger partial charge in [-0.1, -0.05) is 0 Å². The van der Waals surface area contributed by atoms with Crippen LogP contribution < -0.4 is 5.32 Å². The molecule has 5 aliphatic rings. The molecule has 5 heteroatoms. The number of carbonyl (C=O) groups excluding carboxylic acids is 2. The molecule has 5 aliphatic carbocycles. The van der Waals surface area contributed by atoms with E-state index in [4.69, 9.17) is 4.74 Å². The molecule has 4 saturated carbocycles. The van der Waals surface area contributed by atoms with E-state index in [2.05, 4.69) is 12.2 Å². The Hall–Kier alpha value is -1.36. The van der Waals surface area contributed by atoms with Crippen molar-refractivity contribution in [3.63, 3.8) is 0 Å². The molecule has 1 atom stereocenters. The maximum Gasteiger partial charge on any atom is 0.348 e. The van der Waals surface area contributed by atoms with Crippen LogP contribution in [0.3, 0.4) is 0 Å². The summed E-state index contributed by atoms with van der Waals surface area (Å²) in [7, 11) is 0. The average molecular weight is 388 g/mol. The maximum absolute atomic E-state index is 12.4. The van der Waals surface area contributed by atoms with Gasteiger partial charge in [-0.2, -0.15) is 0 Å². The monoisotopic (exact) mass is 387 g/mol. The van der Waals surface area contributed by atoms with Crippen molar-refractivity contribution in [2.24, 2.45) is 23.2 Å². The van der Waals surface area contributed by atoms with Crippen LogP contribution in [0.2, 0.25) is 0 Å². The second-order valence-corrected chi connectivity index (χ2v) is 10.7. The quantitative estimate of drug-likeness (QED) is 0.774. The van der Waals surface area contributed by atoms with Gasteiger partial charge in [0.15, 0.2) is 6.61 Å². The summed E-state index contributed by atoms with van der Waals surface area (Å²) in [5.41, 5.74) is 1.56. The zero-order chi connectivity index (χ0) is 18.6. The van der Waals surface area contributed by atoms with Gasteiger partial charge in [0.25, 0.3) is 5.91 Å². The predicted molar refractivity (Wildman–Crippen MR) is 105 cm³/mol. The number of nitrogens with one attached hydrogen (secondary N) is 1. The lowest BCUT2D eigenvalue weighted by molar-refractivity contribution is -0.128. The lowest BCUT2D eigenvalue weighted by Crippen LogP contribution is -2.56. The second-order valence-electron chi connectivity index (χ2n) is 9.56. The molecule has 1 heterocycles. The predicted octanol–water partition coefficient (Wildman–Crippen LogP) is 4.11. The summed E-state index contributed by atoms with van der Waals surface area (Å²) in [6, 6.07) is 2.12. The summed E-state index contributed by atoms with van der Waals surface area (Å²) in [5.74, 6) is 2.10. The molecule has 4 bridgehead atoms. The number of esters is 1. The molecular formula is C22H29NO3S. The zero-order valence-electron chi connectivity index (χ0n) is 16.1. The Morgan fingerprint density at radius 3 is 2.48 bits per heavy atom. The highest BCUT2D eigenvalue weighted by atomic mass is 32.1. The van der Waals surface area contributed by atoms with Crippen LogP contribution in [-0.2, 0) is 22.4 Å². The number of fused-ring (bicyclic) bond motifs is 1. The van der Waals surface area contributed by atoms with Crippen molar-refractivity contribution in [1.29, 1.82) is 0 Å². The molecule has 27 heavy (non-hydrogen) atoms. The van der Waals surface area contributed by atoms with E-state index in [-0.39, 0.29) is 29.9 Å². The minimum atomic E-state index is -0.355. The van der Waals surface area contributed by atoms with Crippen LogP contribution in [-0.4, -0.2) is 24.5 Å². The SMILES string of the molecule is CC(NC(=O)COC(=O)c1cc2c(s1)CCC2)C12CC3CC(CC(C3)C1)C2. The zero-order valence-corrected chi connectivity index (χ0v) is 16.9. The molecule has 4 fully saturated rings. The standard InChI is InChI=1S/C22H29NO3S/c1-13(22-9-14-5-15(10-22)7-16(6-14)11-22)23-20(24)12-26-21(25)19-8-17-3-2-4-18(17)27-19/h8,13-16H,2-7,9-12H2,1H3,(H,23,24). The second kappa shape index (κ2) is 6.61. The molecule has 0 spiro atoms. The molecule has 1 aromatic rings. The fourth-order valence-corrected chi connectivity index (χ4v) is 7.92. The molecule has 0 radical (unpaired) electrons. The van der Waals surface area contributed by atoms with Crippen molar-refractivity contribution in [2.75, 3.05) is 6.61 Å². The Bertz CT molecular complexity index is 711. The number of carbonyl (C=O) groups is 2. The molecular weight excluding hydrogens is 358 g/mol. The van der Waals surface area contributed by atoms with Crippen molar-refractivity contribution in [3.05, 3.63) is 21.4 Å². The molecule has 1 N–H and O–H groups in total. The van der Waals surface area contributed by atoms with Gasteiger partial charge >= 0.3 is 5.97 Å². The number of hydrogen-bond donors (Lipinski definition) is 1. The highest BCUT2D eigenvalue weighted by molar-refractivity contribution is 7.14. The van der Waals surface area contributed by atoms with Crippen LogP contribution in [0.25, 0.3) is 0 Å². The molecule has 1 aromatic heterocycles. The summed E-state index contributed by atoms with van der Waals surface area (Å²) in [4.78, 5) is 26.7. The largest absolute Gasteiger partial charge is 0.451 e. The van der Waals surface area contributed by atoms with E-state index < -0.39 is 0 Å². The average Bonchev–Trinajstić information content (AvgIpc) is 3.20. The third-order valence-corrected chi connectivity index (χ3v) is 8.88. The topological polar surface area (TPSA) is 55.4 Å². The lowest BCUT2D eigenvalue weighted by atomic mass is 9.48. The van der Waals surface area contributed by atoms with Crippen molar-refractivity contribution >= 4 is 23.2 Å². The number of amides is 1. The summed E-state index contributed by atoms with van der Waals surface area (Å²) in [6.45, 7) is 1.99. The first-order valence-corrected chi connectivity index (χ1v) is 11.4. The molecule has 146 valence electrons. The van der Waals surface area contributed by atoms with Crippen LogP contribution in [0.5, 0.6) is 0 Å². The highest BCUT2D eigenvalue weighted by Crippen LogP contribution is 2.61. The Labute approximate surface area is 165 Å².